The first kappa shape index (κ1) is 25.5. The lowest BCUT2D eigenvalue weighted by Gasteiger charge is -2.25. The molecule has 11 heteroatoms. The fourth-order valence-electron chi connectivity index (χ4n) is 3.41. The monoisotopic (exact) mass is 499 g/mol. The van der Waals surface area contributed by atoms with E-state index in [9.17, 15) is 23.3 Å². The molecule has 1 N–H and O–H groups in total. The third-order valence-corrected chi connectivity index (χ3v) is 7.12. The summed E-state index contributed by atoms with van der Waals surface area (Å²) in [7, 11) is -1.30. The van der Waals surface area contributed by atoms with Crippen molar-refractivity contribution in [2.45, 2.75) is 18.7 Å². The molecule has 0 heterocycles. The maximum absolute atomic E-state index is 13.6. The predicted octanol–water partition coefficient (Wildman–Crippen LogP) is 4.06. The second-order valence-corrected chi connectivity index (χ2v) is 9.48. The van der Waals surface area contributed by atoms with Crippen molar-refractivity contribution in [1.29, 1.82) is 0 Å². The molecular formula is C24H25N3O7S. The minimum Gasteiger partial charge on any atom is -0.493 e. The van der Waals surface area contributed by atoms with Crippen LogP contribution >= 0.6 is 0 Å². The van der Waals surface area contributed by atoms with Gasteiger partial charge >= 0.3 is 0 Å². The van der Waals surface area contributed by atoms with Crippen molar-refractivity contribution in [2.75, 3.05) is 30.4 Å². The van der Waals surface area contributed by atoms with Gasteiger partial charge < -0.3 is 14.8 Å². The third-order valence-electron chi connectivity index (χ3n) is 5.33. The Labute approximate surface area is 203 Å². The molecule has 0 spiro atoms. The Kier molecular flexibility index (Phi) is 7.60. The van der Waals surface area contributed by atoms with Gasteiger partial charge in [0.1, 0.15) is 6.54 Å². The Bertz CT molecular complexity index is 1360. The van der Waals surface area contributed by atoms with Crippen LogP contribution < -0.4 is 19.1 Å². The Balaban J connectivity index is 2.02. The number of ether oxygens (including phenoxy) is 2. The summed E-state index contributed by atoms with van der Waals surface area (Å²) in [6.07, 6.45) is 0. The number of carbonyl (C=O) groups is 1. The maximum atomic E-state index is 13.6. The number of nitro groups is 1. The van der Waals surface area contributed by atoms with Crippen LogP contribution in [-0.2, 0) is 14.8 Å². The van der Waals surface area contributed by atoms with E-state index in [1.165, 1.54) is 69.7 Å². The highest BCUT2D eigenvalue weighted by atomic mass is 32.2. The van der Waals surface area contributed by atoms with Gasteiger partial charge in [0, 0.05) is 12.1 Å². The lowest BCUT2D eigenvalue weighted by Crippen LogP contribution is -2.38. The smallest absolute Gasteiger partial charge is 0.274 e. The first-order chi connectivity index (χ1) is 16.6. The van der Waals surface area contributed by atoms with E-state index >= 15 is 0 Å². The number of benzene rings is 3. The molecule has 3 aromatic carbocycles. The van der Waals surface area contributed by atoms with Crippen LogP contribution in [0.3, 0.4) is 0 Å². The second-order valence-electron chi connectivity index (χ2n) is 7.62. The minimum atomic E-state index is -4.17. The zero-order valence-electron chi connectivity index (χ0n) is 19.6. The Morgan fingerprint density at radius 1 is 1.00 bits per heavy atom. The predicted molar refractivity (Wildman–Crippen MR) is 132 cm³/mol. The quantitative estimate of drug-likeness (QED) is 0.347. The molecular weight excluding hydrogens is 474 g/mol. The van der Waals surface area contributed by atoms with E-state index in [1.54, 1.807) is 12.1 Å². The summed E-state index contributed by atoms with van der Waals surface area (Å²) in [4.78, 5) is 23.7. The zero-order valence-corrected chi connectivity index (χ0v) is 20.5. The molecule has 35 heavy (non-hydrogen) atoms. The molecule has 0 aromatic heterocycles. The zero-order chi connectivity index (χ0) is 25.8. The number of nitro benzene ring substituents is 1. The van der Waals surface area contributed by atoms with E-state index in [0.717, 1.165) is 9.87 Å². The van der Waals surface area contributed by atoms with Gasteiger partial charge in [0.05, 0.1) is 41.0 Å². The molecule has 1 amide bonds. The van der Waals surface area contributed by atoms with E-state index in [1.807, 2.05) is 6.92 Å². The van der Waals surface area contributed by atoms with Gasteiger partial charge in [0.2, 0.25) is 5.91 Å². The highest BCUT2D eigenvalue weighted by molar-refractivity contribution is 7.92. The molecule has 0 unspecified atom stereocenters. The van der Waals surface area contributed by atoms with Crippen LogP contribution in [0.2, 0.25) is 0 Å². The minimum absolute atomic E-state index is 0.00258. The topological polar surface area (TPSA) is 128 Å². The largest absolute Gasteiger partial charge is 0.493 e. The van der Waals surface area contributed by atoms with Crippen molar-refractivity contribution >= 4 is 33.0 Å². The van der Waals surface area contributed by atoms with Crippen LogP contribution in [0.1, 0.15) is 11.1 Å². The number of aryl methyl sites for hydroxylation is 1. The molecule has 0 aliphatic carbocycles. The average Bonchev–Trinajstić information content (AvgIpc) is 2.83. The third kappa shape index (κ3) is 5.52. The van der Waals surface area contributed by atoms with Crippen molar-refractivity contribution in [3.05, 3.63) is 81.9 Å². The SMILES string of the molecule is COc1ccc(N(CC(=O)Nc2cccc([N+](=O)[O-])c2C)S(=O)(=O)c2ccc(C)cc2)cc1OC. The molecule has 0 saturated carbocycles. The van der Waals surface area contributed by atoms with Crippen molar-refractivity contribution in [3.8, 4) is 11.5 Å². The standard InChI is InChI=1S/C24H25N3O7S/c1-16-8-11-19(12-9-16)35(31,32)26(18-10-13-22(33-3)23(14-18)34-4)15-24(28)25-20-6-5-7-21(17(20)2)27(29)30/h5-14H,15H2,1-4H3,(H,25,28). The summed E-state index contributed by atoms with van der Waals surface area (Å²) >= 11 is 0. The maximum Gasteiger partial charge on any atom is 0.274 e. The number of amides is 1. The molecule has 0 saturated heterocycles. The van der Waals surface area contributed by atoms with E-state index in [0.29, 0.717) is 5.75 Å². The molecule has 3 aromatic rings. The van der Waals surface area contributed by atoms with Gasteiger partial charge in [0.15, 0.2) is 11.5 Å². The van der Waals surface area contributed by atoms with Crippen LogP contribution in [0.25, 0.3) is 0 Å². The summed E-state index contributed by atoms with van der Waals surface area (Å²) in [5.41, 5.74) is 1.36. The van der Waals surface area contributed by atoms with Crippen LogP contribution in [0, 0.1) is 24.0 Å². The van der Waals surface area contributed by atoms with E-state index in [2.05, 4.69) is 5.32 Å². The molecule has 0 aliphatic rings. The fourth-order valence-corrected chi connectivity index (χ4v) is 4.82. The van der Waals surface area contributed by atoms with Crippen molar-refractivity contribution < 1.29 is 27.6 Å². The molecule has 0 aliphatic heterocycles. The molecule has 184 valence electrons. The Morgan fingerprint density at radius 2 is 1.66 bits per heavy atom. The molecule has 3 rings (SSSR count). The Morgan fingerprint density at radius 3 is 2.26 bits per heavy atom. The number of hydrogen-bond donors (Lipinski definition) is 1. The summed E-state index contributed by atoms with van der Waals surface area (Å²) < 4.78 is 38.6. The number of sulfonamides is 1. The number of carbonyl (C=O) groups excluding carboxylic acids is 1. The van der Waals surface area contributed by atoms with Crippen molar-refractivity contribution in [3.63, 3.8) is 0 Å². The van der Waals surface area contributed by atoms with Gasteiger partial charge in [-0.15, -0.1) is 0 Å². The molecule has 0 atom stereocenters. The van der Waals surface area contributed by atoms with Crippen molar-refractivity contribution in [1.82, 2.24) is 0 Å². The van der Waals surface area contributed by atoms with Gasteiger partial charge in [-0.3, -0.25) is 19.2 Å². The lowest BCUT2D eigenvalue weighted by molar-refractivity contribution is -0.385. The number of nitrogens with one attached hydrogen (secondary N) is 1. The van der Waals surface area contributed by atoms with Crippen LogP contribution in [0.5, 0.6) is 11.5 Å². The number of rotatable bonds is 9. The summed E-state index contributed by atoms with van der Waals surface area (Å²) in [5, 5.41) is 13.8. The number of anilines is 2. The van der Waals surface area contributed by atoms with Crippen LogP contribution in [0.15, 0.2) is 65.6 Å². The highest BCUT2D eigenvalue weighted by Gasteiger charge is 2.28. The molecule has 0 bridgehead atoms. The van der Waals surface area contributed by atoms with Gasteiger partial charge in [-0.05, 0) is 44.2 Å². The summed E-state index contributed by atoms with van der Waals surface area (Å²) in [6.45, 7) is 2.74. The highest BCUT2D eigenvalue weighted by Crippen LogP contribution is 2.34. The van der Waals surface area contributed by atoms with E-state index in [-0.39, 0.29) is 33.3 Å². The van der Waals surface area contributed by atoms with Gasteiger partial charge in [-0.25, -0.2) is 8.42 Å². The van der Waals surface area contributed by atoms with Gasteiger partial charge in [-0.2, -0.15) is 0 Å². The van der Waals surface area contributed by atoms with Crippen LogP contribution in [-0.4, -0.2) is 40.0 Å². The molecule has 0 radical (unpaired) electrons. The second kappa shape index (κ2) is 10.4. The summed E-state index contributed by atoms with van der Waals surface area (Å²) in [5.74, 6) is -0.0104. The van der Waals surface area contributed by atoms with Crippen molar-refractivity contribution in [2.24, 2.45) is 0 Å². The molecule has 0 fully saturated rings. The first-order valence-corrected chi connectivity index (χ1v) is 11.9. The average molecular weight is 500 g/mol. The number of methoxy groups -OCH3 is 2. The van der Waals surface area contributed by atoms with Gasteiger partial charge in [-0.1, -0.05) is 23.8 Å². The number of nitrogens with zero attached hydrogens (tertiary/aromatic N) is 2. The normalized spacial score (nSPS) is 11.0. The fraction of sp³-hybridized carbons (Fsp3) is 0.208. The Hall–Kier alpha value is -4.12. The van der Waals surface area contributed by atoms with Crippen LogP contribution in [0.4, 0.5) is 17.1 Å². The molecule has 10 nitrogen and oxygen atoms in total. The summed E-state index contributed by atoms with van der Waals surface area (Å²) in [6, 6.07) is 15.0. The van der Waals surface area contributed by atoms with E-state index < -0.39 is 27.4 Å². The number of hydrogen-bond acceptors (Lipinski definition) is 7. The van der Waals surface area contributed by atoms with E-state index in [4.69, 9.17) is 9.47 Å². The lowest BCUT2D eigenvalue weighted by atomic mass is 10.1. The first-order valence-electron chi connectivity index (χ1n) is 10.4. The van der Waals surface area contributed by atoms with Gasteiger partial charge in [0.25, 0.3) is 15.7 Å².